The van der Waals surface area contributed by atoms with Crippen LogP contribution in [0.2, 0.25) is 0 Å². The molecule has 0 fully saturated rings. The van der Waals surface area contributed by atoms with Gasteiger partial charge in [0.25, 0.3) is 0 Å². The Labute approximate surface area is 74.0 Å². The molecule has 0 radical (unpaired) electrons. The van der Waals surface area contributed by atoms with Crippen LogP contribution >= 0.6 is 0 Å². The summed E-state index contributed by atoms with van der Waals surface area (Å²) < 4.78 is 0. The zero-order chi connectivity index (χ0) is 9.72. The normalized spacial score (nSPS) is 16.1. The van der Waals surface area contributed by atoms with Crippen LogP contribution in [-0.2, 0) is 4.79 Å². The standard InChI is InChI=1S/C9H19NO2/c1-6(2)7(3)8(5-10)4-9(11)12/h6-8H,4-5,10H2,1-3H3,(H,11,12)/t7-,8-/m1/s1. The molecule has 0 aromatic heterocycles. The van der Waals surface area contributed by atoms with Gasteiger partial charge in [0.2, 0.25) is 0 Å². The van der Waals surface area contributed by atoms with Gasteiger partial charge in [0.15, 0.2) is 0 Å². The van der Waals surface area contributed by atoms with Crippen LogP contribution < -0.4 is 5.73 Å². The van der Waals surface area contributed by atoms with Gasteiger partial charge in [-0.15, -0.1) is 0 Å². The maximum absolute atomic E-state index is 10.4. The molecular weight excluding hydrogens is 154 g/mol. The summed E-state index contributed by atoms with van der Waals surface area (Å²) in [6.45, 7) is 6.71. The minimum Gasteiger partial charge on any atom is -0.481 e. The zero-order valence-corrected chi connectivity index (χ0v) is 8.08. The van der Waals surface area contributed by atoms with Crippen LogP contribution in [0.5, 0.6) is 0 Å². The zero-order valence-electron chi connectivity index (χ0n) is 8.08. The summed E-state index contributed by atoms with van der Waals surface area (Å²) in [5.74, 6) is 0.240. The fraction of sp³-hybridized carbons (Fsp3) is 0.889. The van der Waals surface area contributed by atoms with E-state index in [0.29, 0.717) is 18.4 Å². The molecule has 3 nitrogen and oxygen atoms in total. The van der Waals surface area contributed by atoms with E-state index in [4.69, 9.17) is 10.8 Å². The van der Waals surface area contributed by atoms with E-state index < -0.39 is 5.97 Å². The van der Waals surface area contributed by atoms with E-state index in [0.717, 1.165) is 0 Å². The van der Waals surface area contributed by atoms with Gasteiger partial charge in [0, 0.05) is 6.42 Å². The highest BCUT2D eigenvalue weighted by Crippen LogP contribution is 2.22. The number of carboxylic acid groups (broad SMARTS) is 1. The molecule has 3 N–H and O–H groups in total. The third-order valence-electron chi connectivity index (χ3n) is 2.53. The van der Waals surface area contributed by atoms with Crippen LogP contribution in [0.4, 0.5) is 0 Å². The maximum atomic E-state index is 10.4. The van der Waals surface area contributed by atoms with Gasteiger partial charge < -0.3 is 10.8 Å². The third-order valence-corrected chi connectivity index (χ3v) is 2.53. The molecule has 2 atom stereocenters. The summed E-state index contributed by atoms with van der Waals surface area (Å²) in [5.41, 5.74) is 5.50. The SMILES string of the molecule is CC(C)[C@@H](C)[C@@H](CN)CC(=O)O. The summed E-state index contributed by atoms with van der Waals surface area (Å²) in [6.07, 6.45) is 0.190. The fourth-order valence-electron chi connectivity index (χ4n) is 1.25. The van der Waals surface area contributed by atoms with Crippen molar-refractivity contribution in [1.82, 2.24) is 0 Å². The number of nitrogens with two attached hydrogens (primary N) is 1. The molecule has 72 valence electrons. The number of rotatable bonds is 5. The molecule has 0 aliphatic carbocycles. The van der Waals surface area contributed by atoms with Crippen molar-refractivity contribution in [3.05, 3.63) is 0 Å². The van der Waals surface area contributed by atoms with E-state index in [2.05, 4.69) is 20.8 Å². The smallest absolute Gasteiger partial charge is 0.303 e. The van der Waals surface area contributed by atoms with Crippen molar-refractivity contribution < 1.29 is 9.90 Å². The van der Waals surface area contributed by atoms with Gasteiger partial charge in [-0.05, 0) is 24.3 Å². The Bertz CT molecular complexity index is 145. The Hall–Kier alpha value is -0.570. The van der Waals surface area contributed by atoms with Crippen LogP contribution in [-0.4, -0.2) is 17.6 Å². The molecule has 12 heavy (non-hydrogen) atoms. The summed E-state index contributed by atoms with van der Waals surface area (Å²) in [7, 11) is 0. The number of carbonyl (C=O) groups is 1. The molecule has 0 amide bonds. The molecule has 0 unspecified atom stereocenters. The van der Waals surface area contributed by atoms with Gasteiger partial charge in [-0.3, -0.25) is 4.79 Å². The average molecular weight is 173 g/mol. The minimum atomic E-state index is -0.752. The minimum absolute atomic E-state index is 0.113. The topological polar surface area (TPSA) is 63.3 Å². The van der Waals surface area contributed by atoms with Crippen molar-refractivity contribution in [2.45, 2.75) is 27.2 Å². The number of carboxylic acids is 1. The molecule has 3 heteroatoms. The molecule has 0 spiro atoms. The Morgan fingerprint density at radius 1 is 1.42 bits per heavy atom. The number of hydrogen-bond acceptors (Lipinski definition) is 2. The molecule has 0 heterocycles. The van der Waals surface area contributed by atoms with Gasteiger partial charge in [-0.1, -0.05) is 20.8 Å². The van der Waals surface area contributed by atoms with Crippen LogP contribution in [0.3, 0.4) is 0 Å². The lowest BCUT2D eigenvalue weighted by Crippen LogP contribution is -2.27. The summed E-state index contributed by atoms with van der Waals surface area (Å²) in [6, 6.07) is 0. The number of hydrogen-bond donors (Lipinski definition) is 2. The first-order valence-corrected chi connectivity index (χ1v) is 4.40. The maximum Gasteiger partial charge on any atom is 0.303 e. The van der Waals surface area contributed by atoms with E-state index in [-0.39, 0.29) is 12.3 Å². The van der Waals surface area contributed by atoms with Gasteiger partial charge in [0.05, 0.1) is 0 Å². The van der Waals surface area contributed by atoms with Gasteiger partial charge >= 0.3 is 5.97 Å². The molecule has 0 aromatic carbocycles. The highest BCUT2D eigenvalue weighted by atomic mass is 16.4. The quantitative estimate of drug-likeness (QED) is 0.659. The van der Waals surface area contributed by atoms with E-state index in [9.17, 15) is 4.79 Å². The molecule has 0 bridgehead atoms. The second kappa shape index (κ2) is 5.14. The number of aliphatic carboxylic acids is 1. The van der Waals surface area contributed by atoms with Crippen molar-refractivity contribution >= 4 is 5.97 Å². The highest BCUT2D eigenvalue weighted by Gasteiger charge is 2.21. The summed E-state index contributed by atoms with van der Waals surface area (Å²) >= 11 is 0. The first-order chi connectivity index (χ1) is 5.49. The van der Waals surface area contributed by atoms with Crippen molar-refractivity contribution in [1.29, 1.82) is 0 Å². The molecule has 0 aliphatic rings. The molecular formula is C9H19NO2. The molecule has 0 aliphatic heterocycles. The van der Waals surface area contributed by atoms with E-state index in [1.165, 1.54) is 0 Å². The van der Waals surface area contributed by atoms with E-state index in [1.807, 2.05) is 0 Å². The van der Waals surface area contributed by atoms with Crippen LogP contribution in [0.25, 0.3) is 0 Å². The Kier molecular flexibility index (Phi) is 4.90. The van der Waals surface area contributed by atoms with Crippen LogP contribution in [0.1, 0.15) is 27.2 Å². The molecule has 0 aromatic rings. The molecule has 0 rings (SSSR count). The summed E-state index contributed by atoms with van der Waals surface area (Å²) in [5, 5.41) is 8.59. The van der Waals surface area contributed by atoms with E-state index >= 15 is 0 Å². The van der Waals surface area contributed by atoms with E-state index in [1.54, 1.807) is 0 Å². The summed E-state index contributed by atoms with van der Waals surface area (Å²) in [4.78, 5) is 10.4. The van der Waals surface area contributed by atoms with Gasteiger partial charge in [-0.25, -0.2) is 0 Å². The largest absolute Gasteiger partial charge is 0.481 e. The molecule has 0 saturated heterocycles. The second-order valence-corrected chi connectivity index (χ2v) is 3.70. The van der Waals surface area contributed by atoms with Crippen molar-refractivity contribution in [2.24, 2.45) is 23.5 Å². The van der Waals surface area contributed by atoms with Crippen LogP contribution in [0.15, 0.2) is 0 Å². The highest BCUT2D eigenvalue weighted by molar-refractivity contribution is 5.67. The lowest BCUT2D eigenvalue weighted by Gasteiger charge is -2.24. The Morgan fingerprint density at radius 2 is 1.92 bits per heavy atom. The lowest BCUT2D eigenvalue weighted by atomic mass is 9.83. The predicted molar refractivity (Wildman–Crippen MR) is 48.8 cm³/mol. The molecule has 0 saturated carbocycles. The van der Waals surface area contributed by atoms with Gasteiger partial charge in [0.1, 0.15) is 0 Å². The first-order valence-electron chi connectivity index (χ1n) is 4.40. The Morgan fingerprint density at radius 3 is 2.17 bits per heavy atom. The predicted octanol–water partition coefficient (Wildman–Crippen LogP) is 1.33. The van der Waals surface area contributed by atoms with Crippen LogP contribution in [0, 0.1) is 17.8 Å². The average Bonchev–Trinajstić information content (AvgIpc) is 1.98. The lowest BCUT2D eigenvalue weighted by molar-refractivity contribution is -0.138. The second-order valence-electron chi connectivity index (χ2n) is 3.70. The van der Waals surface area contributed by atoms with Crippen molar-refractivity contribution in [3.8, 4) is 0 Å². The van der Waals surface area contributed by atoms with Gasteiger partial charge in [-0.2, -0.15) is 0 Å². The first kappa shape index (κ1) is 11.4. The van der Waals surface area contributed by atoms with Crippen molar-refractivity contribution in [3.63, 3.8) is 0 Å². The third kappa shape index (κ3) is 3.72. The monoisotopic (exact) mass is 173 g/mol. The van der Waals surface area contributed by atoms with Crippen molar-refractivity contribution in [2.75, 3.05) is 6.54 Å². The Balaban J connectivity index is 4.04. The fourth-order valence-corrected chi connectivity index (χ4v) is 1.25.